The van der Waals surface area contributed by atoms with Gasteiger partial charge in [0.2, 0.25) is 0 Å². The minimum atomic E-state index is -0.562. The van der Waals surface area contributed by atoms with E-state index in [9.17, 15) is 8.78 Å². The molecule has 0 bridgehead atoms. The van der Waals surface area contributed by atoms with Gasteiger partial charge in [0.05, 0.1) is 17.5 Å². The van der Waals surface area contributed by atoms with Crippen LogP contribution in [0, 0.1) is 17.0 Å². The van der Waals surface area contributed by atoms with Crippen LogP contribution in [0.2, 0.25) is 0 Å². The standard InChI is InChI=1S/C17H20F2N4/c18-13-2-1-3-14(19)15(13)16-12(8-21-22-16)9-23-7-5-17(11-23)4-6-20-10-17/h1-3,8,20H,4-7,9-11H2,(H,21,22). The van der Waals surface area contributed by atoms with Crippen molar-refractivity contribution < 1.29 is 8.78 Å². The molecule has 2 fully saturated rings. The number of aromatic amines is 1. The van der Waals surface area contributed by atoms with Crippen LogP contribution in [-0.2, 0) is 6.54 Å². The zero-order chi connectivity index (χ0) is 15.9. The molecule has 2 N–H and O–H groups in total. The molecule has 1 aromatic carbocycles. The molecular formula is C17H20F2N4. The number of likely N-dealkylation sites (tertiary alicyclic amines) is 1. The highest BCUT2D eigenvalue weighted by molar-refractivity contribution is 5.64. The summed E-state index contributed by atoms with van der Waals surface area (Å²) >= 11 is 0. The minimum absolute atomic E-state index is 0.0172. The number of nitrogens with zero attached hydrogens (tertiary/aromatic N) is 2. The van der Waals surface area contributed by atoms with Gasteiger partial charge in [0.1, 0.15) is 11.6 Å². The maximum absolute atomic E-state index is 14.0. The average Bonchev–Trinajstić information content (AvgIpc) is 3.24. The zero-order valence-electron chi connectivity index (χ0n) is 12.9. The molecule has 2 saturated heterocycles. The first-order chi connectivity index (χ1) is 11.2. The maximum atomic E-state index is 14.0. The number of benzene rings is 1. The van der Waals surface area contributed by atoms with E-state index in [1.807, 2.05) is 0 Å². The van der Waals surface area contributed by atoms with Gasteiger partial charge in [0.25, 0.3) is 0 Å². The number of aromatic nitrogens is 2. The van der Waals surface area contributed by atoms with E-state index in [0.29, 0.717) is 17.7 Å². The van der Waals surface area contributed by atoms with Crippen LogP contribution < -0.4 is 5.32 Å². The quantitative estimate of drug-likeness (QED) is 0.914. The summed E-state index contributed by atoms with van der Waals surface area (Å²) in [7, 11) is 0. The molecule has 3 heterocycles. The molecule has 2 aromatic rings. The summed E-state index contributed by atoms with van der Waals surface area (Å²) in [6.07, 6.45) is 4.07. The summed E-state index contributed by atoms with van der Waals surface area (Å²) in [5.74, 6) is -1.12. The Morgan fingerprint density at radius 1 is 1.22 bits per heavy atom. The summed E-state index contributed by atoms with van der Waals surface area (Å²) < 4.78 is 28.1. The monoisotopic (exact) mass is 318 g/mol. The van der Waals surface area contributed by atoms with Gasteiger partial charge in [-0.2, -0.15) is 5.10 Å². The van der Waals surface area contributed by atoms with Crippen molar-refractivity contribution in [2.24, 2.45) is 5.41 Å². The number of halogens is 2. The first-order valence-corrected chi connectivity index (χ1v) is 8.07. The Labute approximate surface area is 133 Å². The molecule has 1 unspecified atom stereocenters. The Kier molecular flexibility index (Phi) is 3.66. The lowest BCUT2D eigenvalue weighted by molar-refractivity contribution is 0.269. The highest BCUT2D eigenvalue weighted by Gasteiger charge is 2.40. The number of H-pyrrole nitrogens is 1. The van der Waals surface area contributed by atoms with Crippen molar-refractivity contribution in [2.75, 3.05) is 26.2 Å². The van der Waals surface area contributed by atoms with Crippen molar-refractivity contribution in [3.8, 4) is 11.3 Å². The molecule has 4 rings (SSSR count). The van der Waals surface area contributed by atoms with Crippen molar-refractivity contribution in [1.29, 1.82) is 0 Å². The van der Waals surface area contributed by atoms with Crippen LogP contribution in [0.25, 0.3) is 11.3 Å². The second kappa shape index (κ2) is 5.69. The third-order valence-electron chi connectivity index (χ3n) is 5.17. The molecule has 1 spiro atoms. The van der Waals surface area contributed by atoms with Crippen LogP contribution >= 0.6 is 0 Å². The molecule has 2 aliphatic rings. The first-order valence-electron chi connectivity index (χ1n) is 8.07. The number of hydrogen-bond acceptors (Lipinski definition) is 3. The highest BCUT2D eigenvalue weighted by Crippen LogP contribution is 2.37. The normalized spacial score (nSPS) is 24.8. The summed E-state index contributed by atoms with van der Waals surface area (Å²) in [5.41, 5.74) is 1.66. The van der Waals surface area contributed by atoms with E-state index in [4.69, 9.17) is 0 Å². The van der Waals surface area contributed by atoms with Gasteiger partial charge < -0.3 is 5.32 Å². The molecule has 6 heteroatoms. The number of nitrogens with one attached hydrogen (secondary N) is 2. The molecular weight excluding hydrogens is 298 g/mol. The smallest absolute Gasteiger partial charge is 0.135 e. The number of hydrogen-bond donors (Lipinski definition) is 2. The molecule has 23 heavy (non-hydrogen) atoms. The minimum Gasteiger partial charge on any atom is -0.316 e. The van der Waals surface area contributed by atoms with E-state index in [1.165, 1.54) is 31.0 Å². The van der Waals surface area contributed by atoms with E-state index in [-0.39, 0.29) is 5.56 Å². The lowest BCUT2D eigenvalue weighted by atomic mass is 9.86. The maximum Gasteiger partial charge on any atom is 0.135 e. The van der Waals surface area contributed by atoms with Gasteiger partial charge in [0, 0.05) is 25.2 Å². The van der Waals surface area contributed by atoms with Gasteiger partial charge >= 0.3 is 0 Å². The molecule has 0 amide bonds. The van der Waals surface area contributed by atoms with Crippen molar-refractivity contribution in [3.05, 3.63) is 41.6 Å². The van der Waals surface area contributed by atoms with Gasteiger partial charge in [-0.05, 0) is 43.5 Å². The van der Waals surface area contributed by atoms with Crippen molar-refractivity contribution in [3.63, 3.8) is 0 Å². The van der Waals surface area contributed by atoms with Gasteiger partial charge in [-0.1, -0.05) is 6.07 Å². The predicted molar refractivity (Wildman–Crippen MR) is 83.8 cm³/mol. The van der Waals surface area contributed by atoms with Crippen molar-refractivity contribution in [1.82, 2.24) is 20.4 Å². The summed E-state index contributed by atoms with van der Waals surface area (Å²) in [6, 6.07) is 3.93. The van der Waals surface area contributed by atoms with E-state index in [2.05, 4.69) is 20.4 Å². The second-order valence-electron chi connectivity index (χ2n) is 6.75. The van der Waals surface area contributed by atoms with E-state index >= 15 is 0 Å². The second-order valence-corrected chi connectivity index (χ2v) is 6.75. The number of rotatable bonds is 3. The third-order valence-corrected chi connectivity index (χ3v) is 5.17. The molecule has 2 aliphatic heterocycles. The van der Waals surface area contributed by atoms with Crippen LogP contribution in [0.15, 0.2) is 24.4 Å². The Bertz CT molecular complexity index is 686. The van der Waals surface area contributed by atoms with E-state index < -0.39 is 11.6 Å². The Morgan fingerprint density at radius 2 is 2.04 bits per heavy atom. The first kappa shape index (κ1) is 14.8. The van der Waals surface area contributed by atoms with Crippen molar-refractivity contribution >= 4 is 0 Å². The molecule has 0 radical (unpaired) electrons. The third kappa shape index (κ3) is 2.66. The predicted octanol–water partition coefficient (Wildman–Crippen LogP) is 2.54. The summed E-state index contributed by atoms with van der Waals surface area (Å²) in [6.45, 7) is 4.88. The highest BCUT2D eigenvalue weighted by atomic mass is 19.1. The van der Waals surface area contributed by atoms with Gasteiger partial charge in [0.15, 0.2) is 0 Å². The topological polar surface area (TPSA) is 44.0 Å². The van der Waals surface area contributed by atoms with E-state index in [0.717, 1.165) is 31.7 Å². The van der Waals surface area contributed by atoms with Crippen LogP contribution in [0.1, 0.15) is 18.4 Å². The molecule has 122 valence electrons. The largest absolute Gasteiger partial charge is 0.316 e. The fourth-order valence-electron chi connectivity index (χ4n) is 3.93. The fraction of sp³-hybridized carbons (Fsp3) is 0.471. The van der Waals surface area contributed by atoms with Gasteiger partial charge in [-0.15, -0.1) is 0 Å². The van der Waals surface area contributed by atoms with E-state index in [1.54, 1.807) is 6.20 Å². The van der Waals surface area contributed by atoms with Gasteiger partial charge in [-0.25, -0.2) is 8.78 Å². The SMILES string of the molecule is Fc1cccc(F)c1-c1[nH]ncc1CN1CCC2(CCNC2)C1. The Morgan fingerprint density at radius 3 is 2.78 bits per heavy atom. The molecule has 1 aromatic heterocycles. The summed E-state index contributed by atoms with van der Waals surface area (Å²) in [4.78, 5) is 2.36. The zero-order valence-corrected chi connectivity index (χ0v) is 12.9. The molecule has 0 saturated carbocycles. The fourth-order valence-corrected chi connectivity index (χ4v) is 3.93. The van der Waals surface area contributed by atoms with Crippen LogP contribution in [0.4, 0.5) is 8.78 Å². The van der Waals surface area contributed by atoms with Crippen LogP contribution in [0.3, 0.4) is 0 Å². The Balaban J connectivity index is 1.57. The molecule has 4 nitrogen and oxygen atoms in total. The lowest BCUT2D eigenvalue weighted by Crippen LogP contribution is -2.29. The van der Waals surface area contributed by atoms with Crippen LogP contribution in [-0.4, -0.2) is 41.3 Å². The van der Waals surface area contributed by atoms with Gasteiger partial charge in [-0.3, -0.25) is 10.00 Å². The average molecular weight is 318 g/mol. The van der Waals surface area contributed by atoms with Crippen molar-refractivity contribution in [2.45, 2.75) is 19.4 Å². The molecule has 0 aliphatic carbocycles. The summed E-state index contributed by atoms with van der Waals surface area (Å²) in [5, 5.41) is 10.2. The lowest BCUT2D eigenvalue weighted by Gasteiger charge is -2.22. The van der Waals surface area contributed by atoms with Crippen LogP contribution in [0.5, 0.6) is 0 Å². The Hall–Kier alpha value is -1.79. The molecule has 1 atom stereocenters.